The highest BCUT2D eigenvalue weighted by atomic mass is 16.6. The largest absolute Gasteiger partial charge is 0.465 e. The van der Waals surface area contributed by atoms with E-state index in [4.69, 9.17) is 9.47 Å². The van der Waals surface area contributed by atoms with Crippen molar-refractivity contribution in [3.8, 4) is 0 Å². The average Bonchev–Trinajstić information content (AvgIpc) is 3.10. The number of amides is 1. The lowest BCUT2D eigenvalue weighted by atomic mass is 9.94. The lowest BCUT2D eigenvalue weighted by Gasteiger charge is -2.32. The van der Waals surface area contributed by atoms with Gasteiger partial charge in [0.15, 0.2) is 0 Å². The third-order valence-electron chi connectivity index (χ3n) is 6.04. The van der Waals surface area contributed by atoms with E-state index in [1.54, 1.807) is 20.8 Å². The van der Waals surface area contributed by atoms with Gasteiger partial charge in [-0.05, 0) is 58.1 Å². The summed E-state index contributed by atoms with van der Waals surface area (Å²) in [6, 6.07) is 7.44. The Kier molecular flexibility index (Phi) is 7.30. The minimum atomic E-state index is -0.720. The number of carbonyl (C=O) groups is 3. The van der Waals surface area contributed by atoms with E-state index >= 15 is 0 Å². The number of fused-ring (bicyclic) bond motifs is 1. The monoisotopic (exact) mass is 454 g/mol. The van der Waals surface area contributed by atoms with E-state index in [-0.39, 0.29) is 17.4 Å². The summed E-state index contributed by atoms with van der Waals surface area (Å²) >= 11 is 0. The number of esters is 1. The summed E-state index contributed by atoms with van der Waals surface area (Å²) in [4.78, 5) is 40.5. The summed E-state index contributed by atoms with van der Waals surface area (Å²) in [6.45, 7) is 12.6. The van der Waals surface area contributed by atoms with E-state index in [0.717, 1.165) is 30.2 Å². The van der Waals surface area contributed by atoms with E-state index in [0.29, 0.717) is 30.7 Å². The van der Waals surface area contributed by atoms with Gasteiger partial charge in [0, 0.05) is 24.4 Å². The van der Waals surface area contributed by atoms with Gasteiger partial charge in [0.2, 0.25) is 5.91 Å². The van der Waals surface area contributed by atoms with E-state index in [1.807, 2.05) is 36.1 Å². The van der Waals surface area contributed by atoms with Crippen molar-refractivity contribution >= 4 is 34.4 Å². The molecule has 1 aromatic heterocycles. The molecule has 0 spiro atoms. The number of hydrogen-bond donors (Lipinski definition) is 0. The molecule has 33 heavy (non-hydrogen) atoms. The van der Waals surface area contributed by atoms with Gasteiger partial charge in [-0.15, -0.1) is 0 Å². The SMILES string of the molecule is C=C(C(=O)OC)c1c(CCN2CCCC(CC)C2=O)c2ccccc2n1C(=O)OC(C)(C)C. The standard InChI is InChI=1S/C26H34N2O5/c1-7-18-11-10-15-27(23(18)29)16-14-20-19-12-8-9-13-21(19)28(25(31)33-26(3,4)5)22(20)17(2)24(30)32-6/h8-9,12-13,18H,2,7,10-11,14-16H2,1,3-6H3. The van der Waals surface area contributed by atoms with Crippen LogP contribution in [0.3, 0.4) is 0 Å². The Morgan fingerprint density at radius 2 is 1.91 bits per heavy atom. The van der Waals surface area contributed by atoms with Gasteiger partial charge in [-0.1, -0.05) is 31.7 Å². The topological polar surface area (TPSA) is 77.8 Å². The minimum Gasteiger partial charge on any atom is -0.465 e. The molecule has 2 aromatic rings. The van der Waals surface area contributed by atoms with Gasteiger partial charge < -0.3 is 14.4 Å². The molecular weight excluding hydrogens is 420 g/mol. The molecule has 1 atom stereocenters. The molecule has 1 saturated heterocycles. The van der Waals surface area contributed by atoms with Gasteiger partial charge >= 0.3 is 12.1 Å². The highest BCUT2D eigenvalue weighted by molar-refractivity contribution is 6.18. The normalized spacial score (nSPS) is 16.7. The van der Waals surface area contributed by atoms with Crippen LogP contribution in [0.2, 0.25) is 0 Å². The number of methoxy groups -OCH3 is 1. The fourth-order valence-corrected chi connectivity index (χ4v) is 4.46. The summed E-state index contributed by atoms with van der Waals surface area (Å²) in [5.41, 5.74) is 1.12. The van der Waals surface area contributed by atoms with Crippen LogP contribution in [0.25, 0.3) is 16.5 Å². The summed E-state index contributed by atoms with van der Waals surface area (Å²) < 4.78 is 12.0. The quantitative estimate of drug-likeness (QED) is 0.463. The zero-order chi connectivity index (χ0) is 24.3. The maximum absolute atomic E-state index is 13.2. The molecule has 0 bridgehead atoms. The number of likely N-dealkylation sites (tertiary alicyclic amines) is 1. The fraction of sp³-hybridized carbons (Fsp3) is 0.500. The fourth-order valence-electron chi connectivity index (χ4n) is 4.46. The Labute approximate surface area is 195 Å². The predicted octanol–water partition coefficient (Wildman–Crippen LogP) is 4.80. The van der Waals surface area contributed by atoms with Crippen molar-refractivity contribution in [1.29, 1.82) is 0 Å². The lowest BCUT2D eigenvalue weighted by Crippen LogP contribution is -2.42. The zero-order valence-electron chi connectivity index (χ0n) is 20.3. The number of ether oxygens (including phenoxy) is 2. The van der Waals surface area contributed by atoms with Crippen molar-refractivity contribution < 1.29 is 23.9 Å². The number of hydrogen-bond acceptors (Lipinski definition) is 5. The van der Waals surface area contributed by atoms with Crippen molar-refractivity contribution in [2.45, 2.75) is 59.0 Å². The third-order valence-corrected chi connectivity index (χ3v) is 6.04. The molecule has 1 amide bonds. The summed E-state index contributed by atoms with van der Waals surface area (Å²) in [5.74, 6) is -0.386. The van der Waals surface area contributed by atoms with Gasteiger partial charge in [-0.25, -0.2) is 14.2 Å². The Bertz CT molecular complexity index is 1080. The second-order valence-corrected chi connectivity index (χ2v) is 9.45. The molecular formula is C26H34N2O5. The second-order valence-electron chi connectivity index (χ2n) is 9.45. The molecule has 7 heteroatoms. The summed E-state index contributed by atoms with van der Waals surface area (Å²) in [6.07, 6.45) is 2.62. The van der Waals surface area contributed by atoms with Gasteiger partial charge in [-0.2, -0.15) is 0 Å². The van der Waals surface area contributed by atoms with Crippen LogP contribution >= 0.6 is 0 Å². The molecule has 1 fully saturated rings. The Morgan fingerprint density at radius 1 is 1.21 bits per heavy atom. The van der Waals surface area contributed by atoms with Gasteiger partial charge in [0.1, 0.15) is 5.60 Å². The number of piperidine rings is 1. The first-order chi connectivity index (χ1) is 15.6. The first-order valence-corrected chi connectivity index (χ1v) is 11.5. The highest BCUT2D eigenvalue weighted by Crippen LogP contribution is 2.33. The molecule has 0 N–H and O–H groups in total. The Balaban J connectivity index is 2.09. The molecule has 0 aliphatic carbocycles. The van der Waals surface area contributed by atoms with Crippen LogP contribution in [-0.4, -0.2) is 53.2 Å². The van der Waals surface area contributed by atoms with Crippen LogP contribution in [-0.2, 0) is 25.5 Å². The molecule has 178 valence electrons. The number of benzene rings is 1. The summed E-state index contributed by atoms with van der Waals surface area (Å²) in [5, 5.41) is 0.819. The van der Waals surface area contributed by atoms with Crippen LogP contribution < -0.4 is 0 Å². The first kappa shape index (κ1) is 24.6. The molecule has 1 unspecified atom stereocenters. The van der Waals surface area contributed by atoms with Crippen LogP contribution in [0.4, 0.5) is 4.79 Å². The van der Waals surface area contributed by atoms with E-state index < -0.39 is 17.7 Å². The number of carbonyl (C=O) groups excluding carboxylic acids is 3. The molecule has 1 aliphatic heterocycles. The van der Waals surface area contributed by atoms with Gasteiger partial charge in [0.05, 0.1) is 23.9 Å². The lowest BCUT2D eigenvalue weighted by molar-refractivity contribution is -0.138. The Hall–Kier alpha value is -3.09. The number of aromatic nitrogens is 1. The van der Waals surface area contributed by atoms with Crippen molar-refractivity contribution in [1.82, 2.24) is 9.47 Å². The van der Waals surface area contributed by atoms with E-state index in [2.05, 4.69) is 6.58 Å². The smallest absolute Gasteiger partial charge is 0.419 e. The Morgan fingerprint density at radius 3 is 2.55 bits per heavy atom. The molecule has 1 aliphatic rings. The molecule has 1 aromatic carbocycles. The van der Waals surface area contributed by atoms with Crippen molar-refractivity contribution in [2.24, 2.45) is 5.92 Å². The average molecular weight is 455 g/mol. The number of para-hydroxylation sites is 1. The molecule has 0 radical (unpaired) electrons. The van der Waals surface area contributed by atoms with E-state index in [9.17, 15) is 14.4 Å². The van der Waals surface area contributed by atoms with E-state index in [1.165, 1.54) is 11.7 Å². The molecule has 3 rings (SSSR count). The maximum Gasteiger partial charge on any atom is 0.419 e. The zero-order valence-corrected chi connectivity index (χ0v) is 20.3. The van der Waals surface area contributed by atoms with Crippen LogP contribution in [0.5, 0.6) is 0 Å². The molecule has 7 nitrogen and oxygen atoms in total. The number of nitrogens with zero attached hydrogens (tertiary/aromatic N) is 2. The van der Waals surface area contributed by atoms with Crippen molar-refractivity contribution in [3.05, 3.63) is 42.1 Å². The third kappa shape index (κ3) is 5.13. The molecule has 2 heterocycles. The highest BCUT2D eigenvalue weighted by Gasteiger charge is 2.31. The van der Waals surface area contributed by atoms with Crippen molar-refractivity contribution in [3.63, 3.8) is 0 Å². The van der Waals surface area contributed by atoms with Crippen molar-refractivity contribution in [2.75, 3.05) is 20.2 Å². The maximum atomic E-state index is 13.2. The molecule has 0 saturated carbocycles. The second kappa shape index (κ2) is 9.81. The number of rotatable bonds is 6. The van der Waals surface area contributed by atoms with Crippen LogP contribution in [0.1, 0.15) is 58.2 Å². The van der Waals surface area contributed by atoms with Gasteiger partial charge in [-0.3, -0.25) is 4.79 Å². The van der Waals surface area contributed by atoms with Crippen LogP contribution in [0.15, 0.2) is 30.8 Å². The minimum absolute atomic E-state index is 0.0614. The van der Waals surface area contributed by atoms with Crippen LogP contribution in [0, 0.1) is 5.92 Å². The summed E-state index contributed by atoms with van der Waals surface area (Å²) in [7, 11) is 1.28. The first-order valence-electron chi connectivity index (χ1n) is 11.5. The van der Waals surface area contributed by atoms with Gasteiger partial charge in [0.25, 0.3) is 0 Å². The predicted molar refractivity (Wildman–Crippen MR) is 128 cm³/mol.